The fourth-order valence-corrected chi connectivity index (χ4v) is 2.49. The third kappa shape index (κ3) is 2.33. The fraction of sp³-hybridized carbons (Fsp3) is 0. The van der Waals surface area contributed by atoms with Crippen LogP contribution in [-0.2, 0) is 0 Å². The number of hydrogen-bond donors (Lipinski definition) is 1. The first-order chi connectivity index (χ1) is 10.9. The first-order valence-electron chi connectivity index (χ1n) is 7.26. The summed E-state index contributed by atoms with van der Waals surface area (Å²) in [7, 11) is 0. The van der Waals surface area contributed by atoms with Crippen LogP contribution in [0.3, 0.4) is 0 Å². The van der Waals surface area contributed by atoms with Crippen molar-refractivity contribution in [3.63, 3.8) is 0 Å². The maximum atomic E-state index is 4.54. The summed E-state index contributed by atoms with van der Waals surface area (Å²) in [6.07, 6.45) is 0. The normalized spacial score (nSPS) is 10.7. The molecule has 0 bridgehead atoms. The molecular weight excluding hydrogens is 270 g/mol. The minimum absolute atomic E-state index is 0.890. The van der Waals surface area contributed by atoms with Crippen molar-refractivity contribution >= 4 is 0 Å². The number of nitrogens with one attached hydrogen (secondary N) is 1. The lowest BCUT2D eigenvalue weighted by Crippen LogP contribution is -2.14. The average Bonchev–Trinajstić information content (AvgIpc) is 2.56. The minimum atomic E-state index is 0.890. The van der Waals surface area contributed by atoms with Crippen molar-refractivity contribution in [2.45, 2.75) is 0 Å². The van der Waals surface area contributed by atoms with Crippen LogP contribution in [0.2, 0.25) is 0 Å². The molecule has 1 N–H and O–H groups in total. The maximum absolute atomic E-state index is 4.54. The van der Waals surface area contributed by atoms with Crippen molar-refractivity contribution in [3.05, 3.63) is 84.9 Å². The van der Waals surface area contributed by atoms with Crippen molar-refractivity contribution in [2.24, 2.45) is 0 Å². The van der Waals surface area contributed by atoms with Crippen LogP contribution in [0.5, 0.6) is 0 Å². The highest BCUT2D eigenvalue weighted by Gasteiger charge is 2.09. The van der Waals surface area contributed by atoms with Gasteiger partial charge in [-0.25, -0.2) is 0 Å². The van der Waals surface area contributed by atoms with Crippen molar-refractivity contribution < 1.29 is 0 Å². The molecule has 0 fully saturated rings. The van der Waals surface area contributed by atoms with Crippen LogP contribution in [0, 0.1) is 0 Å². The Morgan fingerprint density at radius 3 is 1.95 bits per heavy atom. The van der Waals surface area contributed by atoms with Gasteiger partial charge in [-0.15, -0.1) is 5.10 Å². The third-order valence-corrected chi connectivity index (χ3v) is 3.66. The molecule has 4 rings (SSSR count). The lowest BCUT2D eigenvalue weighted by molar-refractivity contribution is 0.634. The van der Waals surface area contributed by atoms with E-state index in [2.05, 4.69) is 58.7 Å². The summed E-state index contributed by atoms with van der Waals surface area (Å²) in [4.78, 5) is 1.78. The molecule has 106 valence electrons. The maximum Gasteiger partial charge on any atom is 0.176 e. The predicted molar refractivity (Wildman–Crippen MR) is 88.8 cm³/mol. The van der Waals surface area contributed by atoms with E-state index in [0.29, 0.717) is 0 Å². The number of hydrogen-bond acceptors (Lipinski definition) is 1. The molecule has 1 heterocycles. The van der Waals surface area contributed by atoms with Gasteiger partial charge >= 0.3 is 0 Å². The van der Waals surface area contributed by atoms with Crippen LogP contribution >= 0.6 is 0 Å². The van der Waals surface area contributed by atoms with Gasteiger partial charge in [0.15, 0.2) is 5.82 Å². The molecule has 3 heteroatoms. The average molecular weight is 285 g/mol. The fourth-order valence-electron chi connectivity index (χ4n) is 2.49. The van der Waals surface area contributed by atoms with Crippen LogP contribution in [0.1, 0.15) is 0 Å². The monoisotopic (exact) mass is 285 g/mol. The number of aromatic nitrogens is 3. The van der Waals surface area contributed by atoms with E-state index in [1.54, 1.807) is 4.80 Å². The van der Waals surface area contributed by atoms with Gasteiger partial charge in [0, 0.05) is 5.56 Å². The van der Waals surface area contributed by atoms with Gasteiger partial charge in [-0.1, -0.05) is 66.7 Å². The first-order valence-corrected chi connectivity index (χ1v) is 7.26. The molecule has 22 heavy (non-hydrogen) atoms. The Bertz CT molecular complexity index is 861. The Morgan fingerprint density at radius 2 is 1.23 bits per heavy atom. The molecule has 4 aromatic rings. The van der Waals surface area contributed by atoms with Crippen LogP contribution < -0.4 is 0 Å². The Morgan fingerprint density at radius 1 is 0.636 bits per heavy atom. The smallest absolute Gasteiger partial charge is 0.176 e. The van der Waals surface area contributed by atoms with E-state index in [-0.39, 0.29) is 0 Å². The summed E-state index contributed by atoms with van der Waals surface area (Å²) in [5.41, 5.74) is 4.53. The molecule has 0 saturated heterocycles. The van der Waals surface area contributed by atoms with Crippen LogP contribution in [0.15, 0.2) is 84.9 Å². The highest BCUT2D eigenvalue weighted by Crippen LogP contribution is 2.25. The molecule has 1 aromatic heterocycles. The molecule has 3 aromatic carbocycles. The molecular formula is C19H15N3. The number of rotatable bonds is 3. The standard InChI is InChI=1S/C19H15N3/c1-3-8-15(9-4-1)16-10-7-11-17(14-16)19-20-22(21-19)18-12-5-2-6-13-18/h1-14H,(H,20,21). The highest BCUT2D eigenvalue weighted by molar-refractivity contribution is 5.70. The number of para-hydroxylation sites is 1. The third-order valence-electron chi connectivity index (χ3n) is 3.66. The van der Waals surface area contributed by atoms with Gasteiger partial charge in [0.2, 0.25) is 0 Å². The SMILES string of the molecule is c1ccc(-c2cccc(-c3nn(-c4ccccc4)[nH]3)c2)cc1. The zero-order chi connectivity index (χ0) is 14.8. The van der Waals surface area contributed by atoms with E-state index in [4.69, 9.17) is 0 Å². The molecule has 0 amide bonds. The second kappa shape index (κ2) is 5.37. The molecule has 0 spiro atoms. The second-order valence-corrected chi connectivity index (χ2v) is 5.15. The van der Waals surface area contributed by atoms with Crippen LogP contribution in [-0.4, -0.2) is 15.0 Å². The summed E-state index contributed by atoms with van der Waals surface area (Å²) in [5.74, 6) is 0.890. The van der Waals surface area contributed by atoms with Gasteiger partial charge < -0.3 is 0 Å². The minimum Gasteiger partial charge on any atom is -0.259 e. The van der Waals surface area contributed by atoms with E-state index < -0.39 is 0 Å². The second-order valence-electron chi connectivity index (χ2n) is 5.15. The Balaban J connectivity index is 1.64. The summed E-state index contributed by atoms with van der Waals surface area (Å²) < 4.78 is 0. The zero-order valence-corrected chi connectivity index (χ0v) is 12.0. The van der Waals surface area contributed by atoms with E-state index >= 15 is 0 Å². The van der Waals surface area contributed by atoms with Crippen LogP contribution in [0.4, 0.5) is 0 Å². The first kappa shape index (κ1) is 12.7. The van der Waals surface area contributed by atoms with Crippen molar-refractivity contribution in [1.82, 2.24) is 15.0 Å². The molecule has 3 nitrogen and oxygen atoms in total. The zero-order valence-electron chi connectivity index (χ0n) is 12.0. The van der Waals surface area contributed by atoms with Gasteiger partial charge in [0.1, 0.15) is 0 Å². The molecule has 0 atom stereocenters. The van der Waals surface area contributed by atoms with E-state index in [1.807, 2.05) is 36.4 Å². The van der Waals surface area contributed by atoms with Gasteiger partial charge in [-0.3, -0.25) is 5.10 Å². The van der Waals surface area contributed by atoms with Crippen molar-refractivity contribution in [2.75, 3.05) is 0 Å². The quantitative estimate of drug-likeness (QED) is 0.589. The summed E-state index contributed by atoms with van der Waals surface area (Å²) in [5, 5.41) is 7.81. The van der Waals surface area contributed by atoms with E-state index in [9.17, 15) is 0 Å². The van der Waals surface area contributed by atoms with E-state index in [0.717, 1.165) is 17.1 Å². The molecule has 0 aliphatic heterocycles. The molecule has 0 saturated carbocycles. The molecule has 0 radical (unpaired) electrons. The lowest BCUT2D eigenvalue weighted by Gasteiger charge is -2.14. The molecule has 0 aliphatic carbocycles. The highest BCUT2D eigenvalue weighted by atomic mass is 15.5. The predicted octanol–water partition coefficient (Wildman–Crippen LogP) is 4.53. The largest absolute Gasteiger partial charge is 0.259 e. The lowest BCUT2D eigenvalue weighted by atomic mass is 10.0. The van der Waals surface area contributed by atoms with Gasteiger partial charge in [0.25, 0.3) is 0 Å². The number of H-pyrrole nitrogens is 1. The molecule has 0 unspecified atom stereocenters. The van der Waals surface area contributed by atoms with Crippen LogP contribution in [0.25, 0.3) is 28.2 Å². The number of aromatic amines is 1. The van der Waals surface area contributed by atoms with E-state index in [1.165, 1.54) is 11.1 Å². The molecule has 0 aliphatic rings. The number of nitrogens with zero attached hydrogens (tertiary/aromatic N) is 2. The Hall–Kier alpha value is -3.07. The number of benzene rings is 3. The van der Waals surface area contributed by atoms with Gasteiger partial charge in [0.05, 0.1) is 5.69 Å². The summed E-state index contributed by atoms with van der Waals surface area (Å²) in [6.45, 7) is 0. The summed E-state index contributed by atoms with van der Waals surface area (Å²) in [6, 6.07) is 28.8. The van der Waals surface area contributed by atoms with Gasteiger partial charge in [-0.2, -0.15) is 4.80 Å². The van der Waals surface area contributed by atoms with Crippen molar-refractivity contribution in [3.8, 4) is 28.2 Å². The van der Waals surface area contributed by atoms with Gasteiger partial charge in [-0.05, 0) is 29.3 Å². The Labute approximate surface area is 128 Å². The topological polar surface area (TPSA) is 33.6 Å². The Kier molecular flexibility index (Phi) is 3.09. The summed E-state index contributed by atoms with van der Waals surface area (Å²) >= 11 is 0. The van der Waals surface area contributed by atoms with Crippen molar-refractivity contribution in [1.29, 1.82) is 0 Å².